The van der Waals surface area contributed by atoms with Crippen LogP contribution in [0.25, 0.3) is 0 Å². The molecular formula is C36H53F2N3O5S. The molecule has 0 aliphatic heterocycles. The van der Waals surface area contributed by atoms with Gasteiger partial charge in [-0.15, -0.1) is 0 Å². The van der Waals surface area contributed by atoms with Crippen LogP contribution in [0.2, 0.25) is 0 Å². The number of aryl methyl sites for hydroxylation is 1. The predicted octanol–water partition coefficient (Wildman–Crippen LogP) is 5.55. The Labute approximate surface area is 279 Å². The van der Waals surface area contributed by atoms with Crippen LogP contribution in [0.5, 0.6) is 0 Å². The Kier molecular flexibility index (Phi) is 15.7. The highest BCUT2D eigenvalue weighted by atomic mass is 32.2. The third-order valence-electron chi connectivity index (χ3n) is 8.92. The number of hydrogen-bond acceptors (Lipinski definition) is 7. The number of sulfone groups is 1. The lowest BCUT2D eigenvalue weighted by molar-refractivity contribution is -0.153. The van der Waals surface area contributed by atoms with Gasteiger partial charge in [0.15, 0.2) is 9.84 Å². The molecule has 8 nitrogen and oxygen atoms in total. The molecule has 0 saturated heterocycles. The Morgan fingerprint density at radius 2 is 1.57 bits per heavy atom. The summed E-state index contributed by atoms with van der Waals surface area (Å²) in [4.78, 5) is 27.2. The van der Waals surface area contributed by atoms with Crippen molar-refractivity contribution in [3.8, 4) is 0 Å². The molecule has 2 aromatic carbocycles. The summed E-state index contributed by atoms with van der Waals surface area (Å²) in [6.45, 7) is 6.42. The summed E-state index contributed by atoms with van der Waals surface area (Å²) in [6.07, 6.45) is 6.27. The van der Waals surface area contributed by atoms with E-state index >= 15 is 0 Å². The minimum Gasteiger partial charge on any atom is -0.458 e. The highest BCUT2D eigenvalue weighted by Gasteiger charge is 2.36. The summed E-state index contributed by atoms with van der Waals surface area (Å²) in [5, 5.41) is 5.36. The van der Waals surface area contributed by atoms with E-state index in [0.717, 1.165) is 37.3 Å². The Morgan fingerprint density at radius 3 is 2.19 bits per heavy atom. The fraction of sp³-hybridized carbons (Fsp3) is 0.611. The molecule has 4 N–H and O–H groups in total. The van der Waals surface area contributed by atoms with Gasteiger partial charge in [0.05, 0.1) is 11.0 Å². The SMILES string of the molecule is CCCC(CCC)S(=O)(=O)CC(NC(=O)C1CCCCC1)C(=O)O[C@H](CNCc1cccc(CC)c1)[C@@H](N)Cc1cc(F)cc(F)c1. The lowest BCUT2D eigenvalue weighted by atomic mass is 9.88. The Morgan fingerprint density at radius 1 is 0.936 bits per heavy atom. The third-order valence-corrected chi connectivity index (χ3v) is 11.2. The van der Waals surface area contributed by atoms with Gasteiger partial charge in [-0.25, -0.2) is 22.0 Å². The highest BCUT2D eigenvalue weighted by Crippen LogP contribution is 2.24. The number of benzene rings is 2. The average molecular weight is 678 g/mol. The minimum atomic E-state index is -3.79. The van der Waals surface area contributed by atoms with Crippen molar-refractivity contribution in [2.24, 2.45) is 11.7 Å². The number of rotatable bonds is 19. The van der Waals surface area contributed by atoms with E-state index < -0.39 is 56.6 Å². The normalized spacial score (nSPS) is 16.1. The molecule has 47 heavy (non-hydrogen) atoms. The van der Waals surface area contributed by atoms with Gasteiger partial charge in [-0.05, 0) is 67.3 Å². The minimum absolute atomic E-state index is 0.00784. The first kappa shape index (κ1) is 38.6. The number of carbonyl (C=O) groups excluding carboxylic acids is 2. The van der Waals surface area contributed by atoms with Crippen molar-refractivity contribution in [2.45, 2.75) is 121 Å². The summed E-state index contributed by atoms with van der Waals surface area (Å²) in [5.74, 6) is -3.63. The first-order chi connectivity index (χ1) is 22.4. The first-order valence-electron chi connectivity index (χ1n) is 17.2. The molecule has 3 rings (SSSR count). The highest BCUT2D eigenvalue weighted by molar-refractivity contribution is 7.92. The van der Waals surface area contributed by atoms with Crippen LogP contribution in [0.4, 0.5) is 8.78 Å². The first-order valence-corrected chi connectivity index (χ1v) is 18.9. The van der Waals surface area contributed by atoms with E-state index in [0.29, 0.717) is 50.6 Å². The lowest BCUT2D eigenvalue weighted by Crippen LogP contribution is -2.53. The summed E-state index contributed by atoms with van der Waals surface area (Å²) in [6, 6.07) is 8.82. The molecule has 262 valence electrons. The molecule has 3 atom stereocenters. The number of nitrogens with two attached hydrogens (primary N) is 1. The van der Waals surface area contributed by atoms with Crippen LogP contribution < -0.4 is 16.4 Å². The Hall–Kier alpha value is -2.89. The van der Waals surface area contributed by atoms with Gasteiger partial charge >= 0.3 is 5.97 Å². The van der Waals surface area contributed by atoms with Gasteiger partial charge in [-0.3, -0.25) is 4.79 Å². The summed E-state index contributed by atoms with van der Waals surface area (Å²) < 4.78 is 61.1. The van der Waals surface area contributed by atoms with Gasteiger partial charge in [-0.2, -0.15) is 0 Å². The van der Waals surface area contributed by atoms with Crippen LogP contribution >= 0.6 is 0 Å². The predicted molar refractivity (Wildman–Crippen MR) is 181 cm³/mol. The molecule has 1 saturated carbocycles. The number of esters is 1. The fourth-order valence-corrected chi connectivity index (χ4v) is 8.45. The number of amides is 1. The molecule has 0 heterocycles. The van der Waals surface area contributed by atoms with Gasteiger partial charge in [0.25, 0.3) is 0 Å². The summed E-state index contributed by atoms with van der Waals surface area (Å²) in [5.41, 5.74) is 9.00. The van der Waals surface area contributed by atoms with Crippen LogP contribution in [0.3, 0.4) is 0 Å². The van der Waals surface area contributed by atoms with Crippen molar-refractivity contribution >= 4 is 21.7 Å². The van der Waals surface area contributed by atoms with Crippen LogP contribution in [-0.2, 0) is 43.5 Å². The number of ether oxygens (including phenoxy) is 1. The van der Waals surface area contributed by atoms with Gasteiger partial charge in [0.2, 0.25) is 5.91 Å². The van der Waals surface area contributed by atoms with E-state index in [1.165, 1.54) is 17.7 Å². The average Bonchev–Trinajstić information content (AvgIpc) is 3.03. The largest absolute Gasteiger partial charge is 0.458 e. The van der Waals surface area contributed by atoms with E-state index in [-0.39, 0.29) is 24.8 Å². The van der Waals surface area contributed by atoms with Crippen molar-refractivity contribution in [3.63, 3.8) is 0 Å². The van der Waals surface area contributed by atoms with Crippen molar-refractivity contribution in [2.75, 3.05) is 12.3 Å². The molecule has 1 aliphatic rings. The zero-order chi connectivity index (χ0) is 34.4. The lowest BCUT2D eigenvalue weighted by Gasteiger charge is -2.29. The molecule has 1 fully saturated rings. The third kappa shape index (κ3) is 12.6. The van der Waals surface area contributed by atoms with E-state index in [4.69, 9.17) is 10.5 Å². The van der Waals surface area contributed by atoms with Gasteiger partial charge in [-0.1, -0.05) is 77.1 Å². The monoisotopic (exact) mass is 677 g/mol. The molecule has 1 unspecified atom stereocenters. The van der Waals surface area contributed by atoms with Crippen LogP contribution in [0.15, 0.2) is 42.5 Å². The molecule has 2 aromatic rings. The Balaban J connectivity index is 1.85. The second-order valence-electron chi connectivity index (χ2n) is 12.9. The maximum Gasteiger partial charge on any atom is 0.330 e. The van der Waals surface area contributed by atoms with Crippen molar-refractivity contribution in [1.82, 2.24) is 10.6 Å². The second kappa shape index (κ2) is 19.2. The van der Waals surface area contributed by atoms with Gasteiger partial charge in [0, 0.05) is 31.1 Å². The second-order valence-corrected chi connectivity index (χ2v) is 15.2. The van der Waals surface area contributed by atoms with Crippen molar-refractivity contribution < 1.29 is 31.5 Å². The quantitative estimate of drug-likeness (QED) is 0.167. The molecular weight excluding hydrogens is 624 g/mol. The molecule has 0 bridgehead atoms. The number of hydrogen-bond donors (Lipinski definition) is 3. The van der Waals surface area contributed by atoms with Crippen LogP contribution in [0.1, 0.15) is 95.2 Å². The number of nitrogens with one attached hydrogen (secondary N) is 2. The summed E-state index contributed by atoms with van der Waals surface area (Å²) >= 11 is 0. The van der Waals surface area contributed by atoms with E-state index in [9.17, 15) is 26.8 Å². The zero-order valence-electron chi connectivity index (χ0n) is 28.1. The maximum absolute atomic E-state index is 14.0. The molecule has 0 spiro atoms. The van der Waals surface area contributed by atoms with Gasteiger partial charge in [0.1, 0.15) is 23.8 Å². The van der Waals surface area contributed by atoms with E-state index in [1.54, 1.807) is 0 Å². The molecule has 1 aliphatic carbocycles. The van der Waals surface area contributed by atoms with Crippen molar-refractivity contribution in [3.05, 3.63) is 70.8 Å². The molecule has 1 amide bonds. The van der Waals surface area contributed by atoms with E-state index in [1.807, 2.05) is 32.0 Å². The topological polar surface area (TPSA) is 128 Å². The van der Waals surface area contributed by atoms with E-state index in [2.05, 4.69) is 23.6 Å². The molecule has 0 aromatic heterocycles. The van der Waals surface area contributed by atoms with Crippen LogP contribution in [0, 0.1) is 17.6 Å². The number of carbonyl (C=O) groups is 2. The van der Waals surface area contributed by atoms with Crippen molar-refractivity contribution in [1.29, 1.82) is 0 Å². The fourth-order valence-electron chi connectivity index (χ4n) is 6.30. The van der Waals surface area contributed by atoms with Gasteiger partial charge < -0.3 is 21.1 Å². The molecule has 0 radical (unpaired) electrons. The summed E-state index contributed by atoms with van der Waals surface area (Å²) in [7, 11) is -3.79. The van der Waals surface area contributed by atoms with Crippen LogP contribution in [-0.4, -0.2) is 56.0 Å². The number of halogens is 2. The molecule has 11 heteroatoms. The standard InChI is InChI=1S/C36H53F2N3O5S/c1-4-11-31(12-5-2)47(44,45)24-33(41-35(42)28-15-8-7-9-16-28)36(43)46-34(23-40-22-26-14-10-13-25(6-3)17-26)32(39)20-27-18-29(37)21-30(38)19-27/h10,13-14,17-19,21,28,31-34,40H,4-9,11-12,15-16,20,22-24,39H2,1-3H3,(H,41,42)/t32-,33?,34+/m0/s1. The Bertz CT molecular complexity index is 1370. The smallest absolute Gasteiger partial charge is 0.330 e. The maximum atomic E-state index is 14.0. The zero-order valence-corrected chi connectivity index (χ0v) is 28.9.